The zero-order valence-corrected chi connectivity index (χ0v) is 67.9. The minimum Gasteiger partial charge on any atom is -0.353 e. The van der Waals surface area contributed by atoms with Gasteiger partial charge in [-0.1, -0.05) is 314 Å². The largest absolute Gasteiger partial charge is 0.353 e. The van der Waals surface area contributed by atoms with Crippen molar-refractivity contribution >= 4 is 182 Å². The molecule has 14 heteroatoms. The average Bonchev–Trinajstić information content (AvgIpc) is 0.736. The molecule has 0 aliphatic heterocycles. The van der Waals surface area contributed by atoms with Gasteiger partial charge in [0.05, 0.1) is 52.7 Å². The van der Waals surface area contributed by atoms with E-state index >= 15 is 17.6 Å². The van der Waals surface area contributed by atoms with Crippen LogP contribution >= 0.6 is 31.9 Å². The number of halogens is 8. The first kappa shape index (κ1) is 76.2. The smallest absolute Gasteiger partial charge is 0.148 e. The number of nitrogens with one attached hydrogen (secondary N) is 1. The molecular formula is C96H81Br2F6N3Si3. The number of anilines is 8. The van der Waals surface area contributed by atoms with Crippen molar-refractivity contribution in [3.05, 3.63) is 341 Å². The molecule has 548 valence electrons. The Morgan fingerprint density at radius 3 is 0.909 bits per heavy atom. The summed E-state index contributed by atoms with van der Waals surface area (Å²) >= 11 is 7.30. The van der Waals surface area contributed by atoms with E-state index in [1.807, 2.05) is 137 Å². The second-order valence-corrected chi connectivity index (χ2v) is 47.7. The lowest BCUT2D eigenvalue weighted by Crippen LogP contribution is -2.37. The molecule has 0 atom stereocenters. The molecule has 0 radical (unpaired) electrons. The Hall–Kier alpha value is -10.6. The lowest BCUT2D eigenvalue weighted by Gasteiger charge is -2.30. The molecular weight excluding hydrogens is 1550 g/mol. The lowest BCUT2D eigenvalue weighted by atomic mass is 9.91. The van der Waals surface area contributed by atoms with Gasteiger partial charge in [0.25, 0.3) is 0 Å². The maximum absolute atomic E-state index is 16.9. The lowest BCUT2D eigenvalue weighted by molar-refractivity contribution is 0.604. The molecule has 0 bridgehead atoms. The van der Waals surface area contributed by atoms with Crippen molar-refractivity contribution in [2.24, 2.45) is 0 Å². The molecule has 110 heavy (non-hydrogen) atoms. The van der Waals surface area contributed by atoms with E-state index in [0.29, 0.717) is 39.4 Å². The van der Waals surface area contributed by atoms with Gasteiger partial charge in [-0.05, 0) is 149 Å². The van der Waals surface area contributed by atoms with Crippen molar-refractivity contribution in [2.75, 3.05) is 15.1 Å². The zero-order chi connectivity index (χ0) is 76.4. The van der Waals surface area contributed by atoms with Crippen LogP contribution < -0.4 is 30.7 Å². The van der Waals surface area contributed by atoms with E-state index in [-0.39, 0.29) is 41.2 Å². The summed E-state index contributed by atoms with van der Waals surface area (Å²) in [6, 6.07) is 92.4. The average molecular weight is 1630 g/mol. The highest BCUT2D eigenvalue weighted by Crippen LogP contribution is 2.50. The topological polar surface area (TPSA) is 18.5 Å². The summed E-state index contributed by atoms with van der Waals surface area (Å²) in [6.45, 7) is 20.5. The minimum atomic E-state index is -1.70. The Balaban J connectivity index is 0.000000185. The molecule has 17 aromatic carbocycles. The predicted octanol–water partition coefficient (Wildman–Crippen LogP) is 29.2. The second kappa shape index (κ2) is 30.7. The Bertz CT molecular complexity index is 5930. The molecule has 3 nitrogen and oxygen atoms in total. The quantitative estimate of drug-likeness (QED) is 0.0665. The third kappa shape index (κ3) is 15.0. The molecule has 17 aromatic rings. The van der Waals surface area contributed by atoms with Gasteiger partial charge in [0.15, 0.2) is 0 Å². The van der Waals surface area contributed by atoms with Gasteiger partial charge in [0.2, 0.25) is 0 Å². The van der Waals surface area contributed by atoms with E-state index in [4.69, 9.17) is 0 Å². The third-order valence-electron chi connectivity index (χ3n) is 20.5. The van der Waals surface area contributed by atoms with E-state index in [1.54, 1.807) is 48.5 Å². The fourth-order valence-electron chi connectivity index (χ4n) is 14.7. The molecule has 17 rings (SSSR count). The van der Waals surface area contributed by atoms with Gasteiger partial charge < -0.3 is 15.1 Å². The summed E-state index contributed by atoms with van der Waals surface area (Å²) in [5, 5.41) is 20.0. The molecule has 0 aromatic heterocycles. The summed E-state index contributed by atoms with van der Waals surface area (Å²) in [7, 11) is -4.78. The first-order chi connectivity index (χ1) is 52.2. The molecule has 0 aliphatic carbocycles. The number of hydrogen-bond acceptors (Lipinski definition) is 3. The Morgan fingerprint density at radius 1 is 0.273 bits per heavy atom. The number of hydrogen-bond donors (Lipinski definition) is 1. The highest BCUT2D eigenvalue weighted by Gasteiger charge is 2.29. The fraction of sp³-hybridized carbons (Fsp3) is 0.104. The zero-order valence-electron chi connectivity index (χ0n) is 61.7. The summed E-state index contributed by atoms with van der Waals surface area (Å²) in [6.07, 6.45) is 0. The van der Waals surface area contributed by atoms with Gasteiger partial charge in [0.1, 0.15) is 34.9 Å². The van der Waals surface area contributed by atoms with E-state index in [0.717, 1.165) is 47.0 Å². The Kier molecular flexibility index (Phi) is 21.3. The molecule has 1 N–H and O–H groups in total. The monoisotopic (exact) mass is 1630 g/mol. The van der Waals surface area contributed by atoms with E-state index < -0.39 is 59.1 Å². The second-order valence-electron chi connectivity index (χ2n) is 30.8. The summed E-state index contributed by atoms with van der Waals surface area (Å²) < 4.78 is 97.7. The van der Waals surface area contributed by atoms with Gasteiger partial charge in [-0.15, -0.1) is 0 Å². The van der Waals surface area contributed by atoms with Crippen LogP contribution in [0.2, 0.25) is 58.9 Å². The molecule has 0 fully saturated rings. The SMILES string of the molecule is Brc1ccc2ccc3c(Br)ccc4ccc1c2c43.C.C[Si](C)(C)c1ccc(N(c2cc(F)c(-c3ccccc3)cc2F)c2ccc3ccc4c(N(c5ccc([Si](C)(C)C)cc5)c5cc(F)c(-c6ccccc6)cc5F)ccc5ccc2c3c54)cc1.C[Si](C)(C)c1ccc(Nc2cc(F)c(-c3ccccc3)cc2F)cc1. The van der Waals surface area contributed by atoms with Crippen LogP contribution in [0, 0.1) is 34.9 Å². The Labute approximate surface area is 659 Å². The van der Waals surface area contributed by atoms with Crippen molar-refractivity contribution in [1.82, 2.24) is 0 Å². The molecule has 0 saturated heterocycles. The standard InChI is InChI=1S/C58H48F4N2Si2.C21H21F2NSi.C16H8Br2.CH4/c1-65(2,3)43-25-21-41(22-26-43)63(55-35-49(59)47(33-51(55)61)37-13-9-7-10-14-37)53-31-19-39-18-30-46-54(32-20-40-17-29-45(53)57(39)58(40)46)64(42-23-27-44(28-24-42)66(4,5)6)56-36-50(60)48(34-52(56)62)38-15-11-8-12-16-38;1-25(2,3)17-11-9-16(10-12-17)24-21-14-19(22)18(13-20(21)23)15-7-5-4-6-8-15;17-13-8-4-10-2-6-12-14(18)7-3-9-1-5-11(13)16(10)15(9)12;/h7-36H,1-6H3;4-14,24H,1-3H3;1-8H;1H4. The number of rotatable bonds is 14. The van der Waals surface area contributed by atoms with Crippen LogP contribution in [0.25, 0.3) is 98.0 Å². The van der Waals surface area contributed by atoms with Crippen LogP contribution in [0.3, 0.4) is 0 Å². The van der Waals surface area contributed by atoms with Crippen LogP contribution in [0.15, 0.2) is 306 Å². The van der Waals surface area contributed by atoms with Crippen LogP contribution in [0.1, 0.15) is 7.43 Å². The van der Waals surface area contributed by atoms with E-state index in [9.17, 15) is 8.78 Å². The van der Waals surface area contributed by atoms with Crippen molar-refractivity contribution in [3.63, 3.8) is 0 Å². The third-order valence-corrected chi connectivity index (χ3v) is 28.1. The molecule has 0 unspecified atom stereocenters. The highest BCUT2D eigenvalue weighted by molar-refractivity contribution is 9.11. The van der Waals surface area contributed by atoms with Crippen molar-refractivity contribution in [1.29, 1.82) is 0 Å². The number of nitrogens with zero attached hydrogens (tertiary/aromatic N) is 2. The predicted molar refractivity (Wildman–Crippen MR) is 473 cm³/mol. The normalized spacial score (nSPS) is 11.8. The van der Waals surface area contributed by atoms with Gasteiger partial charge >= 0.3 is 0 Å². The van der Waals surface area contributed by atoms with E-state index in [2.05, 4.69) is 181 Å². The fourth-order valence-corrected chi connectivity index (χ4v) is 19.1. The van der Waals surface area contributed by atoms with Gasteiger partial charge in [-0.3, -0.25) is 0 Å². The van der Waals surface area contributed by atoms with Crippen molar-refractivity contribution in [2.45, 2.75) is 66.3 Å². The maximum atomic E-state index is 16.9. The molecule has 0 aliphatic rings. The number of benzene rings is 17. The van der Waals surface area contributed by atoms with Crippen LogP contribution in [-0.2, 0) is 0 Å². The molecule has 0 spiro atoms. The molecule has 0 saturated carbocycles. The van der Waals surface area contributed by atoms with E-state index in [1.165, 1.54) is 84.3 Å². The minimum absolute atomic E-state index is 0. The van der Waals surface area contributed by atoms with Gasteiger partial charge in [-0.25, -0.2) is 26.3 Å². The summed E-state index contributed by atoms with van der Waals surface area (Å²) in [5.74, 6) is -3.14. The van der Waals surface area contributed by atoms with Crippen molar-refractivity contribution in [3.8, 4) is 33.4 Å². The van der Waals surface area contributed by atoms with Gasteiger partial charge in [0, 0.05) is 71.7 Å². The van der Waals surface area contributed by atoms with Crippen LogP contribution in [0.5, 0.6) is 0 Å². The molecule has 0 heterocycles. The Morgan fingerprint density at radius 2 is 0.564 bits per heavy atom. The van der Waals surface area contributed by atoms with Crippen LogP contribution in [0.4, 0.5) is 71.8 Å². The first-order valence-corrected chi connectivity index (χ1v) is 48.4. The summed E-state index contributed by atoms with van der Waals surface area (Å²) in [5.41, 5.74) is 6.18. The first-order valence-electron chi connectivity index (χ1n) is 36.3. The maximum Gasteiger partial charge on any atom is 0.148 e. The summed E-state index contributed by atoms with van der Waals surface area (Å²) in [4.78, 5) is 3.62. The molecule has 0 amide bonds. The van der Waals surface area contributed by atoms with Gasteiger partial charge in [-0.2, -0.15) is 0 Å². The van der Waals surface area contributed by atoms with Crippen molar-refractivity contribution < 1.29 is 26.3 Å². The van der Waals surface area contributed by atoms with Crippen LogP contribution in [-0.4, -0.2) is 24.2 Å². The highest BCUT2D eigenvalue weighted by atomic mass is 79.9.